The van der Waals surface area contributed by atoms with Gasteiger partial charge in [-0.2, -0.15) is 0 Å². The van der Waals surface area contributed by atoms with E-state index in [9.17, 15) is 4.79 Å². The van der Waals surface area contributed by atoms with Crippen LogP contribution in [-0.2, 0) is 6.42 Å². The molecular formula is C27H22N3OS. The van der Waals surface area contributed by atoms with Crippen LogP contribution in [0.25, 0.3) is 32.6 Å². The number of carbonyl (C=O) groups is 1. The Labute approximate surface area is 191 Å². The molecule has 0 fully saturated rings. The summed E-state index contributed by atoms with van der Waals surface area (Å²) >= 11 is 1.48. The number of nitrogens with zero attached hydrogens (tertiary/aromatic N) is 1. The number of pyridine rings is 1. The lowest BCUT2D eigenvalue weighted by molar-refractivity contribution is 0.0948. The molecule has 1 atom stereocenters. The van der Waals surface area contributed by atoms with Gasteiger partial charge in [0.1, 0.15) is 5.65 Å². The third-order valence-electron chi connectivity index (χ3n) is 5.41. The van der Waals surface area contributed by atoms with Gasteiger partial charge in [0, 0.05) is 39.8 Å². The lowest BCUT2D eigenvalue weighted by Gasteiger charge is -2.13. The Bertz CT molecular complexity index is 1360. The van der Waals surface area contributed by atoms with Gasteiger partial charge in [-0.05, 0) is 42.7 Å². The van der Waals surface area contributed by atoms with Crippen molar-refractivity contribution in [1.29, 1.82) is 0 Å². The standard InChI is InChI=1S/C27H22N3OS/c1-18(16-19-8-4-2-5-9-19)30-27(31)24-13-12-23(32-24)21-14-15-28-26-25(21)22(17-29-26)20-10-6-3-7-11-20/h2-15,17-18H,1,16H2,(H,28,29)(H,30,31). The van der Waals surface area contributed by atoms with E-state index in [1.807, 2.05) is 72.9 Å². The summed E-state index contributed by atoms with van der Waals surface area (Å²) in [5.41, 5.74) is 5.28. The molecule has 0 saturated carbocycles. The zero-order valence-corrected chi connectivity index (χ0v) is 18.2. The van der Waals surface area contributed by atoms with Gasteiger partial charge in [0.2, 0.25) is 0 Å². The number of nitrogens with one attached hydrogen (secondary N) is 2. The number of aromatic amines is 1. The Kier molecular flexibility index (Phi) is 5.57. The first-order valence-corrected chi connectivity index (χ1v) is 11.3. The maximum Gasteiger partial charge on any atom is 0.261 e. The lowest BCUT2D eigenvalue weighted by atomic mass is 10.0. The topological polar surface area (TPSA) is 57.8 Å². The Hall–Kier alpha value is -3.70. The van der Waals surface area contributed by atoms with Crippen molar-refractivity contribution < 1.29 is 4.79 Å². The van der Waals surface area contributed by atoms with Gasteiger partial charge >= 0.3 is 0 Å². The second-order valence-electron chi connectivity index (χ2n) is 7.67. The number of aromatic nitrogens is 2. The van der Waals surface area contributed by atoms with Crippen molar-refractivity contribution in [3.8, 4) is 21.6 Å². The van der Waals surface area contributed by atoms with E-state index in [0.717, 1.165) is 38.2 Å². The van der Waals surface area contributed by atoms with Gasteiger partial charge in [-0.15, -0.1) is 11.3 Å². The second kappa shape index (κ2) is 8.81. The summed E-state index contributed by atoms with van der Waals surface area (Å²) < 4.78 is 0. The average molecular weight is 437 g/mol. The van der Waals surface area contributed by atoms with Gasteiger partial charge in [0.15, 0.2) is 0 Å². The van der Waals surface area contributed by atoms with Crippen LogP contribution < -0.4 is 5.32 Å². The van der Waals surface area contributed by atoms with Crippen LogP contribution >= 0.6 is 11.3 Å². The zero-order valence-electron chi connectivity index (χ0n) is 17.4. The molecule has 0 spiro atoms. The first-order valence-electron chi connectivity index (χ1n) is 10.5. The number of fused-ring (bicyclic) bond motifs is 1. The summed E-state index contributed by atoms with van der Waals surface area (Å²) in [6.07, 6.45) is 4.49. The smallest absolute Gasteiger partial charge is 0.261 e. The van der Waals surface area contributed by atoms with Crippen molar-refractivity contribution >= 4 is 28.3 Å². The molecule has 4 nitrogen and oxygen atoms in total. The van der Waals surface area contributed by atoms with Gasteiger partial charge in [-0.25, -0.2) is 4.98 Å². The van der Waals surface area contributed by atoms with Gasteiger partial charge in [0.25, 0.3) is 5.91 Å². The predicted octanol–water partition coefficient (Wildman–Crippen LogP) is 6.13. The van der Waals surface area contributed by atoms with Crippen LogP contribution in [0.3, 0.4) is 0 Å². The maximum atomic E-state index is 12.8. The molecule has 3 aromatic heterocycles. The molecule has 32 heavy (non-hydrogen) atoms. The lowest BCUT2D eigenvalue weighted by Crippen LogP contribution is -2.33. The van der Waals surface area contributed by atoms with Gasteiger partial charge in [0.05, 0.1) is 4.88 Å². The summed E-state index contributed by atoms with van der Waals surface area (Å²) in [4.78, 5) is 22.3. The van der Waals surface area contributed by atoms with Crippen LogP contribution in [0, 0.1) is 6.92 Å². The third kappa shape index (κ3) is 4.07. The first-order chi connectivity index (χ1) is 15.7. The molecule has 2 N–H and O–H groups in total. The molecule has 1 amide bonds. The summed E-state index contributed by atoms with van der Waals surface area (Å²) in [5, 5.41) is 4.08. The van der Waals surface area contributed by atoms with Crippen molar-refractivity contribution in [2.45, 2.75) is 12.5 Å². The van der Waals surface area contributed by atoms with E-state index in [1.54, 1.807) is 6.20 Å². The molecule has 5 rings (SSSR count). The largest absolute Gasteiger partial charge is 0.348 e. The van der Waals surface area contributed by atoms with Crippen LogP contribution in [0.1, 0.15) is 15.2 Å². The third-order valence-corrected chi connectivity index (χ3v) is 6.53. The van der Waals surface area contributed by atoms with E-state index in [2.05, 4.69) is 34.3 Å². The highest BCUT2D eigenvalue weighted by molar-refractivity contribution is 7.17. The molecule has 2 aromatic carbocycles. The highest BCUT2D eigenvalue weighted by atomic mass is 32.1. The molecule has 0 bridgehead atoms. The Morgan fingerprint density at radius 2 is 1.72 bits per heavy atom. The van der Waals surface area contributed by atoms with Gasteiger partial charge < -0.3 is 10.3 Å². The van der Waals surface area contributed by atoms with Crippen molar-refractivity contribution in [1.82, 2.24) is 15.3 Å². The van der Waals surface area contributed by atoms with Crippen molar-refractivity contribution in [3.05, 3.63) is 109 Å². The molecule has 3 heterocycles. The van der Waals surface area contributed by atoms with Crippen molar-refractivity contribution in [2.75, 3.05) is 0 Å². The SMILES string of the molecule is [CH2]C(Cc1ccccc1)NC(=O)c1ccc(-c2ccnc3[nH]cc(-c4ccccc4)c23)s1. The Morgan fingerprint density at radius 1 is 0.969 bits per heavy atom. The highest BCUT2D eigenvalue weighted by Crippen LogP contribution is 2.38. The number of thiophene rings is 1. The number of carbonyl (C=O) groups excluding carboxylic acids is 1. The quantitative estimate of drug-likeness (QED) is 0.336. The van der Waals surface area contributed by atoms with E-state index in [0.29, 0.717) is 11.3 Å². The summed E-state index contributed by atoms with van der Waals surface area (Å²) in [6.45, 7) is 4.10. The number of hydrogen-bond acceptors (Lipinski definition) is 3. The summed E-state index contributed by atoms with van der Waals surface area (Å²) in [5.74, 6) is -0.0974. The molecule has 5 aromatic rings. The normalized spacial score (nSPS) is 12.0. The molecule has 0 aliphatic heterocycles. The minimum Gasteiger partial charge on any atom is -0.348 e. The van der Waals surface area contributed by atoms with Crippen LogP contribution in [-0.4, -0.2) is 21.9 Å². The van der Waals surface area contributed by atoms with Crippen molar-refractivity contribution in [3.63, 3.8) is 0 Å². The van der Waals surface area contributed by atoms with E-state index < -0.39 is 0 Å². The predicted molar refractivity (Wildman–Crippen MR) is 132 cm³/mol. The highest BCUT2D eigenvalue weighted by Gasteiger charge is 2.17. The number of rotatable bonds is 6. The number of hydrogen-bond donors (Lipinski definition) is 2. The fraction of sp³-hybridized carbons (Fsp3) is 0.0741. The second-order valence-corrected chi connectivity index (χ2v) is 8.76. The van der Waals surface area contributed by atoms with Gasteiger partial charge in [-0.1, -0.05) is 60.7 Å². The molecule has 1 radical (unpaired) electrons. The van der Waals surface area contributed by atoms with Crippen LogP contribution in [0.4, 0.5) is 0 Å². The first kappa shape index (κ1) is 20.2. The fourth-order valence-corrected chi connectivity index (χ4v) is 4.86. The van der Waals surface area contributed by atoms with E-state index >= 15 is 0 Å². The number of amides is 1. The number of H-pyrrole nitrogens is 1. The molecule has 0 aliphatic carbocycles. The monoisotopic (exact) mass is 436 g/mol. The summed E-state index contributed by atoms with van der Waals surface area (Å²) in [6, 6.07) is 26.0. The number of benzene rings is 2. The van der Waals surface area contributed by atoms with Gasteiger partial charge in [-0.3, -0.25) is 4.79 Å². The van der Waals surface area contributed by atoms with Crippen molar-refractivity contribution in [2.24, 2.45) is 0 Å². The van der Waals surface area contributed by atoms with E-state index in [1.165, 1.54) is 11.3 Å². The van der Waals surface area contributed by atoms with E-state index in [4.69, 9.17) is 0 Å². The minimum atomic E-state index is -0.197. The molecule has 0 saturated heterocycles. The molecule has 5 heteroatoms. The fourth-order valence-electron chi connectivity index (χ4n) is 3.92. The van der Waals surface area contributed by atoms with Crippen LogP contribution in [0.15, 0.2) is 91.3 Å². The Morgan fingerprint density at radius 3 is 2.50 bits per heavy atom. The molecule has 1 unspecified atom stereocenters. The minimum absolute atomic E-state index is 0.0974. The molecule has 0 aliphatic rings. The van der Waals surface area contributed by atoms with Crippen LogP contribution in [0.2, 0.25) is 0 Å². The average Bonchev–Trinajstić information content (AvgIpc) is 3.48. The molecule has 157 valence electrons. The van der Waals surface area contributed by atoms with Crippen LogP contribution in [0.5, 0.6) is 0 Å². The zero-order chi connectivity index (χ0) is 21.9. The molecular weight excluding hydrogens is 414 g/mol. The van der Waals surface area contributed by atoms with E-state index in [-0.39, 0.29) is 11.9 Å². The maximum absolute atomic E-state index is 12.8. The Balaban J connectivity index is 1.41. The summed E-state index contributed by atoms with van der Waals surface area (Å²) in [7, 11) is 0.